The van der Waals surface area contributed by atoms with Gasteiger partial charge in [-0.25, -0.2) is 8.42 Å². The number of halogens is 3. The molecule has 1 aliphatic heterocycles. The average molecular weight is 484 g/mol. The number of carbonyl (C=O) groups is 1. The van der Waals surface area contributed by atoms with Gasteiger partial charge in [0.05, 0.1) is 15.2 Å². The molecule has 2 aromatic rings. The lowest BCUT2D eigenvalue weighted by Gasteiger charge is -2.41. The second-order valence-electron chi connectivity index (χ2n) is 9.14. The Hall–Kier alpha value is -2.39. The van der Waals surface area contributed by atoms with Crippen molar-refractivity contribution in [3.63, 3.8) is 0 Å². The Balaban J connectivity index is 1.76. The highest BCUT2D eigenvalue weighted by Crippen LogP contribution is 2.40. The molecule has 0 saturated carbocycles. The van der Waals surface area contributed by atoms with E-state index in [1.54, 1.807) is 30.3 Å². The van der Waals surface area contributed by atoms with Gasteiger partial charge in [0.1, 0.15) is 0 Å². The second-order valence-corrected chi connectivity index (χ2v) is 11.7. The number of benzene rings is 2. The van der Waals surface area contributed by atoms with Crippen LogP contribution in [0.5, 0.6) is 0 Å². The Kier molecular flexibility index (Phi) is 6.70. The van der Waals surface area contributed by atoms with Crippen molar-refractivity contribution in [1.82, 2.24) is 4.90 Å². The summed E-state index contributed by atoms with van der Waals surface area (Å²) in [5.41, 5.74) is -2.26. The summed E-state index contributed by atoms with van der Waals surface area (Å²) in [6.07, 6.45) is -3.94. The number of alkyl halides is 3. The number of piperidine rings is 1. The molecule has 1 amide bonds. The van der Waals surface area contributed by atoms with Crippen molar-refractivity contribution in [2.45, 2.75) is 55.0 Å². The molecule has 1 heterocycles. The van der Waals surface area contributed by atoms with Gasteiger partial charge in [-0.1, -0.05) is 36.4 Å². The molecule has 0 aromatic heterocycles. The fraction of sp³-hybridized carbons (Fsp3) is 0.458. The van der Waals surface area contributed by atoms with Gasteiger partial charge in [0.2, 0.25) is 0 Å². The van der Waals surface area contributed by atoms with E-state index >= 15 is 0 Å². The molecule has 1 fully saturated rings. The summed E-state index contributed by atoms with van der Waals surface area (Å²) in [7, 11) is -4.08. The zero-order valence-corrected chi connectivity index (χ0v) is 19.6. The molecular formula is C24H28F3NO4S. The maximum atomic E-state index is 13.3. The highest BCUT2D eigenvalue weighted by Gasteiger charge is 2.46. The predicted octanol–water partition coefficient (Wildman–Crippen LogP) is 4.40. The molecule has 0 radical (unpaired) electrons. The van der Waals surface area contributed by atoms with Crippen LogP contribution >= 0.6 is 0 Å². The molecular weight excluding hydrogens is 455 g/mol. The average Bonchev–Trinajstić information content (AvgIpc) is 2.78. The lowest BCUT2D eigenvalue weighted by Crippen LogP contribution is -2.51. The number of sulfone groups is 1. The zero-order chi connectivity index (χ0) is 24.7. The minimum Gasteiger partial charge on any atom is -0.376 e. The SMILES string of the molecule is CC(C)(C1CCN(C(=O)[C@](C)(O)c2ccccc2)CC1)S(=O)(=O)c1cccc(C(F)(F)F)c1. The van der Waals surface area contributed by atoms with Crippen LogP contribution in [0.4, 0.5) is 13.2 Å². The summed E-state index contributed by atoms with van der Waals surface area (Å²) >= 11 is 0. The number of rotatable bonds is 5. The maximum Gasteiger partial charge on any atom is 0.416 e. The second kappa shape index (κ2) is 8.76. The van der Waals surface area contributed by atoms with Gasteiger partial charge in [-0.15, -0.1) is 0 Å². The molecule has 180 valence electrons. The highest BCUT2D eigenvalue weighted by molar-refractivity contribution is 7.92. The Bertz CT molecular complexity index is 1100. The maximum absolute atomic E-state index is 13.3. The molecule has 33 heavy (non-hydrogen) atoms. The van der Waals surface area contributed by atoms with Gasteiger partial charge < -0.3 is 10.0 Å². The molecule has 5 nitrogen and oxygen atoms in total. The van der Waals surface area contributed by atoms with Gasteiger partial charge in [-0.2, -0.15) is 13.2 Å². The van der Waals surface area contributed by atoms with Crippen LogP contribution in [-0.4, -0.2) is 42.2 Å². The molecule has 1 N–H and O–H groups in total. The third-order valence-electron chi connectivity index (χ3n) is 6.68. The number of amides is 1. The molecule has 0 unspecified atom stereocenters. The van der Waals surface area contributed by atoms with E-state index < -0.39 is 37.8 Å². The number of carbonyl (C=O) groups excluding carboxylic acids is 1. The summed E-state index contributed by atoms with van der Waals surface area (Å²) < 4.78 is 64.5. The summed E-state index contributed by atoms with van der Waals surface area (Å²) in [6.45, 7) is 4.95. The quantitative estimate of drug-likeness (QED) is 0.684. The fourth-order valence-electron chi connectivity index (χ4n) is 4.33. The van der Waals surface area contributed by atoms with Crippen molar-refractivity contribution >= 4 is 15.7 Å². The van der Waals surface area contributed by atoms with Crippen molar-refractivity contribution in [2.24, 2.45) is 5.92 Å². The van der Waals surface area contributed by atoms with E-state index in [4.69, 9.17) is 0 Å². The van der Waals surface area contributed by atoms with Crippen LogP contribution < -0.4 is 0 Å². The number of nitrogens with zero attached hydrogens (tertiary/aromatic N) is 1. The van der Waals surface area contributed by atoms with Crippen molar-refractivity contribution in [3.8, 4) is 0 Å². The van der Waals surface area contributed by atoms with Crippen molar-refractivity contribution in [2.75, 3.05) is 13.1 Å². The molecule has 1 saturated heterocycles. The summed E-state index contributed by atoms with van der Waals surface area (Å²) in [5.74, 6) is -0.839. The molecule has 0 aliphatic carbocycles. The summed E-state index contributed by atoms with van der Waals surface area (Å²) in [4.78, 5) is 14.1. The normalized spacial score (nSPS) is 18.1. The molecule has 0 spiro atoms. The predicted molar refractivity (Wildman–Crippen MR) is 118 cm³/mol. The molecule has 2 aromatic carbocycles. The smallest absolute Gasteiger partial charge is 0.376 e. The fourth-order valence-corrected chi connectivity index (χ4v) is 6.16. The van der Waals surface area contributed by atoms with Crippen LogP contribution in [0.1, 0.15) is 44.7 Å². The third kappa shape index (κ3) is 4.80. The summed E-state index contributed by atoms with van der Waals surface area (Å²) in [6, 6.07) is 12.4. The monoisotopic (exact) mass is 483 g/mol. The molecule has 3 rings (SSSR count). The van der Waals surface area contributed by atoms with Gasteiger partial charge in [0, 0.05) is 13.1 Å². The van der Waals surface area contributed by atoms with Gasteiger partial charge in [0.25, 0.3) is 5.91 Å². The lowest BCUT2D eigenvalue weighted by molar-refractivity contribution is -0.152. The van der Waals surface area contributed by atoms with E-state index in [9.17, 15) is 31.5 Å². The molecule has 0 bridgehead atoms. The molecule has 1 atom stereocenters. The van der Waals surface area contributed by atoms with E-state index in [2.05, 4.69) is 0 Å². The number of aliphatic hydroxyl groups is 1. The van der Waals surface area contributed by atoms with Crippen molar-refractivity contribution < 1.29 is 31.5 Å². The standard InChI is InChI=1S/C24H28F3NO4S/c1-22(2,33(31,32)20-11-7-10-19(16-20)24(25,26)27)17-12-14-28(15-13-17)21(29)23(3,30)18-8-5-4-6-9-18/h4-11,16-17,30H,12-15H2,1-3H3/t23-/m1/s1. The van der Waals surface area contributed by atoms with E-state index in [-0.39, 0.29) is 23.9 Å². The van der Waals surface area contributed by atoms with Crippen LogP contribution in [0.15, 0.2) is 59.5 Å². The van der Waals surface area contributed by atoms with E-state index in [0.29, 0.717) is 24.5 Å². The van der Waals surface area contributed by atoms with Crippen LogP contribution in [0.2, 0.25) is 0 Å². The first-order valence-corrected chi connectivity index (χ1v) is 12.2. The minimum atomic E-state index is -4.64. The highest BCUT2D eigenvalue weighted by atomic mass is 32.2. The van der Waals surface area contributed by atoms with Crippen LogP contribution in [0, 0.1) is 5.92 Å². The van der Waals surface area contributed by atoms with Crippen LogP contribution in [0.3, 0.4) is 0 Å². The largest absolute Gasteiger partial charge is 0.416 e. The Morgan fingerprint density at radius 1 is 0.939 bits per heavy atom. The van der Waals surface area contributed by atoms with Gasteiger partial charge >= 0.3 is 6.18 Å². The van der Waals surface area contributed by atoms with Crippen LogP contribution in [0.25, 0.3) is 0 Å². The molecule has 1 aliphatic rings. The Morgan fingerprint density at radius 2 is 1.48 bits per heavy atom. The topological polar surface area (TPSA) is 74.7 Å². The number of hydrogen-bond acceptors (Lipinski definition) is 4. The summed E-state index contributed by atoms with van der Waals surface area (Å²) in [5, 5.41) is 10.8. The van der Waals surface area contributed by atoms with Gasteiger partial charge in [-0.05, 0) is 63.3 Å². The van der Waals surface area contributed by atoms with Gasteiger partial charge in [-0.3, -0.25) is 4.79 Å². The van der Waals surface area contributed by atoms with Crippen molar-refractivity contribution in [3.05, 3.63) is 65.7 Å². The first-order valence-electron chi connectivity index (χ1n) is 10.7. The number of hydrogen-bond donors (Lipinski definition) is 1. The van der Waals surface area contributed by atoms with E-state index in [1.165, 1.54) is 31.7 Å². The van der Waals surface area contributed by atoms with E-state index in [1.807, 2.05) is 0 Å². The lowest BCUT2D eigenvalue weighted by atomic mass is 9.85. The Labute approximate surface area is 192 Å². The Morgan fingerprint density at radius 3 is 2.03 bits per heavy atom. The van der Waals surface area contributed by atoms with E-state index in [0.717, 1.165) is 12.1 Å². The first kappa shape index (κ1) is 25.2. The zero-order valence-electron chi connectivity index (χ0n) is 18.8. The molecule has 9 heteroatoms. The van der Waals surface area contributed by atoms with Crippen LogP contribution in [-0.2, 0) is 26.4 Å². The number of likely N-dealkylation sites (tertiary alicyclic amines) is 1. The minimum absolute atomic E-state index is 0.244. The van der Waals surface area contributed by atoms with Gasteiger partial charge in [0.15, 0.2) is 15.4 Å². The van der Waals surface area contributed by atoms with Crippen molar-refractivity contribution in [1.29, 1.82) is 0 Å². The third-order valence-corrected chi connectivity index (χ3v) is 9.28. The first-order chi connectivity index (χ1) is 15.2.